The van der Waals surface area contributed by atoms with Crippen LogP contribution in [0.3, 0.4) is 0 Å². The first-order valence-electron chi connectivity index (χ1n) is 5.82. The summed E-state index contributed by atoms with van der Waals surface area (Å²) >= 11 is 1.79. The number of carbonyl (C=O) groups excluding carboxylic acids is 1. The maximum atomic E-state index is 11.7. The summed E-state index contributed by atoms with van der Waals surface area (Å²) in [5.41, 5.74) is 2.22. The molecule has 3 nitrogen and oxygen atoms in total. The van der Waals surface area contributed by atoms with Gasteiger partial charge in [0, 0.05) is 22.9 Å². The fraction of sp³-hybridized carbons (Fsp3) is 0.462. The molecule has 1 aromatic carbocycles. The molecule has 0 atom stereocenters. The summed E-state index contributed by atoms with van der Waals surface area (Å²) in [4.78, 5) is 12.8. The van der Waals surface area contributed by atoms with E-state index in [-0.39, 0.29) is 5.97 Å². The smallest absolute Gasteiger partial charge is 0.339 e. The van der Waals surface area contributed by atoms with Gasteiger partial charge in [0.05, 0.1) is 12.7 Å². The molecule has 1 saturated carbocycles. The molecule has 1 aromatic rings. The lowest BCUT2D eigenvalue weighted by molar-refractivity contribution is 0.0597. The van der Waals surface area contributed by atoms with Crippen LogP contribution in [-0.4, -0.2) is 25.4 Å². The lowest BCUT2D eigenvalue weighted by Crippen LogP contribution is -2.15. The van der Waals surface area contributed by atoms with Crippen molar-refractivity contribution < 1.29 is 9.53 Å². The van der Waals surface area contributed by atoms with Crippen LogP contribution in [0.25, 0.3) is 0 Å². The first kappa shape index (κ1) is 11.0. The number of hydrogen-bond donors (Lipinski definition) is 1. The summed E-state index contributed by atoms with van der Waals surface area (Å²) < 4.78 is 4.83. The Kier molecular flexibility index (Phi) is 2.54. The van der Waals surface area contributed by atoms with Gasteiger partial charge in [-0.3, -0.25) is 0 Å². The normalized spacial score (nSPS) is 20.1. The van der Waals surface area contributed by atoms with E-state index in [1.807, 2.05) is 18.2 Å². The number of fused-ring (bicyclic) bond motifs is 1. The number of hydrogen-bond acceptors (Lipinski definition) is 4. The highest BCUT2D eigenvalue weighted by atomic mass is 32.2. The van der Waals surface area contributed by atoms with Crippen LogP contribution < -0.4 is 5.32 Å². The van der Waals surface area contributed by atoms with Crippen LogP contribution in [0.15, 0.2) is 23.1 Å². The molecule has 17 heavy (non-hydrogen) atoms. The molecule has 0 saturated heterocycles. The average Bonchev–Trinajstić information content (AvgIpc) is 3.16. The first-order valence-corrected chi connectivity index (χ1v) is 6.81. The molecule has 1 N–H and O–H groups in total. The number of nitrogens with one attached hydrogen (secondary N) is 1. The molecule has 4 heteroatoms. The van der Waals surface area contributed by atoms with E-state index in [0.29, 0.717) is 11.0 Å². The molecule has 2 aliphatic rings. The third kappa shape index (κ3) is 1.90. The first-order chi connectivity index (χ1) is 8.24. The molecule has 0 aromatic heterocycles. The van der Waals surface area contributed by atoms with Crippen molar-refractivity contribution in [2.75, 3.05) is 24.7 Å². The summed E-state index contributed by atoms with van der Waals surface area (Å²) in [7, 11) is 1.43. The summed E-state index contributed by atoms with van der Waals surface area (Å²) in [6, 6.07) is 5.78. The molecule has 1 spiro atoms. The molecule has 0 amide bonds. The quantitative estimate of drug-likeness (QED) is 0.777. The van der Waals surface area contributed by atoms with Gasteiger partial charge >= 0.3 is 5.97 Å². The van der Waals surface area contributed by atoms with Crippen molar-refractivity contribution in [1.29, 1.82) is 0 Å². The minimum atomic E-state index is -0.247. The highest BCUT2D eigenvalue weighted by molar-refractivity contribution is 7.99. The molecular weight excluding hydrogens is 234 g/mol. The summed E-state index contributed by atoms with van der Waals surface area (Å²) in [5.74, 6) is 0.851. The van der Waals surface area contributed by atoms with Gasteiger partial charge in [-0.15, -0.1) is 11.8 Å². The van der Waals surface area contributed by atoms with E-state index < -0.39 is 0 Å². The van der Waals surface area contributed by atoms with Gasteiger partial charge in [-0.25, -0.2) is 4.79 Å². The molecule has 0 unspecified atom stereocenters. The van der Waals surface area contributed by atoms with Crippen LogP contribution >= 0.6 is 11.8 Å². The van der Waals surface area contributed by atoms with Crippen molar-refractivity contribution in [2.24, 2.45) is 5.41 Å². The fourth-order valence-corrected chi connectivity index (χ4v) is 3.60. The molecule has 1 aliphatic carbocycles. The van der Waals surface area contributed by atoms with Crippen molar-refractivity contribution in [3.05, 3.63) is 23.8 Å². The van der Waals surface area contributed by atoms with Gasteiger partial charge in [0.2, 0.25) is 0 Å². The van der Waals surface area contributed by atoms with Crippen molar-refractivity contribution in [3.8, 4) is 0 Å². The van der Waals surface area contributed by atoms with Crippen molar-refractivity contribution in [2.45, 2.75) is 17.7 Å². The highest BCUT2D eigenvalue weighted by Crippen LogP contribution is 2.52. The zero-order chi connectivity index (χ0) is 11.9. The van der Waals surface area contributed by atoms with Crippen LogP contribution in [0.2, 0.25) is 0 Å². The van der Waals surface area contributed by atoms with Crippen molar-refractivity contribution in [3.63, 3.8) is 0 Å². The minimum absolute atomic E-state index is 0.247. The second-order valence-corrected chi connectivity index (χ2v) is 5.80. The second-order valence-electron chi connectivity index (χ2n) is 4.82. The number of methoxy groups -OCH3 is 1. The number of thioether (sulfide) groups is 1. The predicted molar refractivity (Wildman–Crippen MR) is 68.7 cm³/mol. The minimum Gasteiger partial charge on any atom is -0.465 e. The van der Waals surface area contributed by atoms with Gasteiger partial charge < -0.3 is 10.1 Å². The Balaban J connectivity index is 1.97. The Labute approximate surface area is 105 Å². The van der Waals surface area contributed by atoms with Gasteiger partial charge in [0.25, 0.3) is 0 Å². The van der Waals surface area contributed by atoms with Gasteiger partial charge in [-0.05, 0) is 30.4 Å². The monoisotopic (exact) mass is 249 g/mol. The third-order valence-electron chi connectivity index (χ3n) is 3.55. The Morgan fingerprint density at radius 1 is 1.47 bits per heavy atom. The Morgan fingerprint density at radius 2 is 2.29 bits per heavy atom. The zero-order valence-corrected chi connectivity index (χ0v) is 10.6. The average molecular weight is 249 g/mol. The Hall–Kier alpha value is -1.16. The summed E-state index contributed by atoms with van der Waals surface area (Å²) in [5, 5.41) is 3.47. The molecule has 1 aliphatic heterocycles. The molecule has 1 fully saturated rings. The zero-order valence-electron chi connectivity index (χ0n) is 9.79. The maximum Gasteiger partial charge on any atom is 0.339 e. The number of anilines is 1. The SMILES string of the molecule is COC(=O)c1cccc2c1SCC1(CC1)CN2. The van der Waals surface area contributed by atoms with Crippen molar-refractivity contribution >= 4 is 23.4 Å². The van der Waals surface area contributed by atoms with Gasteiger partial charge in [0.15, 0.2) is 0 Å². The van der Waals surface area contributed by atoms with E-state index in [0.717, 1.165) is 22.9 Å². The molecular formula is C13H15NO2S. The largest absolute Gasteiger partial charge is 0.465 e. The summed E-state index contributed by atoms with van der Waals surface area (Å²) in [6.07, 6.45) is 2.60. The van der Waals surface area contributed by atoms with Crippen LogP contribution in [0.4, 0.5) is 5.69 Å². The highest BCUT2D eigenvalue weighted by Gasteiger charge is 2.44. The van der Waals surface area contributed by atoms with Gasteiger partial charge in [0.1, 0.15) is 0 Å². The predicted octanol–water partition coefficient (Wildman–Crippen LogP) is 2.77. The maximum absolute atomic E-state index is 11.7. The molecule has 3 rings (SSSR count). The standard InChI is InChI=1S/C13H15NO2S/c1-16-12(15)9-3-2-4-10-11(9)17-8-13(5-6-13)7-14-10/h2-4,14H,5-8H2,1H3. The van der Waals surface area contributed by atoms with Crippen LogP contribution in [0.5, 0.6) is 0 Å². The van der Waals surface area contributed by atoms with E-state index in [1.165, 1.54) is 20.0 Å². The van der Waals surface area contributed by atoms with Gasteiger partial charge in [-0.1, -0.05) is 6.07 Å². The number of carbonyl (C=O) groups is 1. The van der Waals surface area contributed by atoms with E-state index in [2.05, 4.69) is 5.32 Å². The lowest BCUT2D eigenvalue weighted by atomic mass is 10.1. The van der Waals surface area contributed by atoms with Crippen molar-refractivity contribution in [1.82, 2.24) is 0 Å². The van der Waals surface area contributed by atoms with Crippen LogP contribution in [-0.2, 0) is 4.74 Å². The van der Waals surface area contributed by atoms with E-state index in [1.54, 1.807) is 11.8 Å². The number of esters is 1. The van der Waals surface area contributed by atoms with Crippen LogP contribution in [0, 0.1) is 5.41 Å². The molecule has 1 heterocycles. The summed E-state index contributed by atoms with van der Waals surface area (Å²) in [6.45, 7) is 1.03. The fourth-order valence-electron chi connectivity index (χ4n) is 2.16. The number of rotatable bonds is 1. The third-order valence-corrected chi connectivity index (χ3v) is 5.04. The number of benzene rings is 1. The second kappa shape index (κ2) is 3.95. The molecule has 90 valence electrons. The van der Waals surface area contributed by atoms with Crippen LogP contribution in [0.1, 0.15) is 23.2 Å². The Morgan fingerprint density at radius 3 is 3.00 bits per heavy atom. The molecule has 0 radical (unpaired) electrons. The van der Waals surface area contributed by atoms with E-state index >= 15 is 0 Å². The van der Waals surface area contributed by atoms with E-state index in [4.69, 9.17) is 4.74 Å². The van der Waals surface area contributed by atoms with Gasteiger partial charge in [-0.2, -0.15) is 0 Å². The molecule has 0 bridgehead atoms. The topological polar surface area (TPSA) is 38.3 Å². The lowest BCUT2D eigenvalue weighted by Gasteiger charge is -2.10. The van der Waals surface area contributed by atoms with E-state index in [9.17, 15) is 4.79 Å². The number of ether oxygens (including phenoxy) is 1. The Bertz CT molecular complexity index is 468.